The van der Waals surface area contributed by atoms with Crippen LogP contribution in [0.3, 0.4) is 0 Å². The second-order valence-electron chi connectivity index (χ2n) is 25.2. The molecule has 0 aliphatic carbocycles. The Labute approximate surface area is 491 Å². The summed E-state index contributed by atoms with van der Waals surface area (Å²) in [4.78, 5) is 37.5. The lowest BCUT2D eigenvalue weighted by atomic mass is 10.0. The first-order valence-corrected chi connectivity index (χ1v) is 34.9. The van der Waals surface area contributed by atoms with Crippen molar-refractivity contribution in [3.8, 4) is 0 Å². The van der Waals surface area contributed by atoms with Gasteiger partial charge < -0.3 is 28.5 Å². The van der Waals surface area contributed by atoms with Gasteiger partial charge in [-0.05, 0) is 38.5 Å². The van der Waals surface area contributed by atoms with E-state index in [1.54, 1.807) is 0 Å². The molecule has 0 aliphatic heterocycles. The number of carboxylic acids is 1. The fourth-order valence-corrected chi connectivity index (χ4v) is 10.7. The Morgan fingerprint density at radius 1 is 0.367 bits per heavy atom. The number of rotatable bonds is 66. The average molecular weight is 1120 g/mol. The van der Waals surface area contributed by atoms with Crippen molar-refractivity contribution >= 4 is 17.9 Å². The van der Waals surface area contributed by atoms with Crippen molar-refractivity contribution in [2.24, 2.45) is 0 Å². The van der Waals surface area contributed by atoms with Gasteiger partial charge in [0.05, 0.1) is 34.4 Å². The highest BCUT2D eigenvalue weighted by molar-refractivity contribution is 5.71. The minimum Gasteiger partial charge on any atom is -0.477 e. The summed E-state index contributed by atoms with van der Waals surface area (Å²) in [5, 5.41) is 9.71. The Bertz CT molecular complexity index is 1300. The van der Waals surface area contributed by atoms with Crippen molar-refractivity contribution in [2.45, 2.75) is 373 Å². The maximum absolute atomic E-state index is 12.9. The number of carbonyl (C=O) groups is 3. The number of allylic oxidation sites excluding steroid dienone is 2. The number of carboxylic acid groups (broad SMARTS) is 1. The number of esters is 2. The number of hydrogen-bond acceptors (Lipinski definition) is 7. The molecule has 0 rings (SSSR count). The van der Waals surface area contributed by atoms with Crippen molar-refractivity contribution < 1.29 is 42.9 Å². The van der Waals surface area contributed by atoms with Crippen LogP contribution >= 0.6 is 0 Å². The highest BCUT2D eigenvalue weighted by Gasteiger charge is 2.25. The Hall–Kier alpha value is -1.97. The summed E-state index contributed by atoms with van der Waals surface area (Å²) in [6.45, 7) is 4.93. The van der Waals surface area contributed by atoms with Crippen LogP contribution in [0, 0.1) is 0 Å². The zero-order valence-corrected chi connectivity index (χ0v) is 53.6. The van der Waals surface area contributed by atoms with E-state index in [-0.39, 0.29) is 32.2 Å². The van der Waals surface area contributed by atoms with Gasteiger partial charge in [-0.1, -0.05) is 321 Å². The molecule has 1 N–H and O–H groups in total. The second-order valence-corrected chi connectivity index (χ2v) is 25.2. The monoisotopic (exact) mass is 1120 g/mol. The first kappa shape index (κ1) is 77.0. The molecule has 0 saturated carbocycles. The third kappa shape index (κ3) is 63.5. The highest BCUT2D eigenvalue weighted by Crippen LogP contribution is 2.19. The van der Waals surface area contributed by atoms with E-state index >= 15 is 0 Å². The number of quaternary nitrogens is 1. The third-order valence-electron chi connectivity index (χ3n) is 16.0. The number of hydrogen-bond donors (Lipinski definition) is 1. The van der Waals surface area contributed by atoms with Crippen LogP contribution in [0.4, 0.5) is 0 Å². The van der Waals surface area contributed by atoms with Gasteiger partial charge in [-0.15, -0.1) is 0 Å². The fraction of sp³-hybridized carbons (Fsp3) is 0.929. The molecule has 0 aromatic rings. The number of carbonyl (C=O) groups excluding carboxylic acids is 2. The molecule has 0 spiro atoms. The summed E-state index contributed by atoms with van der Waals surface area (Å²) >= 11 is 0. The standard InChI is InChI=1S/C70H135NO8/c1-6-8-10-12-14-16-18-20-22-24-25-26-27-28-29-30-31-32-33-34-35-36-37-38-39-40-41-42-43-44-45-47-48-50-52-54-56-58-60-67(72)77-64-66(65-78-70(69(74)75)76-63-62-71(3,4)5)79-68(73)61-59-57-55-53-51-49-46-23-21-19-17-15-13-11-9-7-2/h23,46,66,70H,6-22,24-45,47-65H2,1-5H3/p+1/b46-23-. The molecular weight excluding hydrogens is 983 g/mol. The molecule has 0 aromatic heterocycles. The van der Waals surface area contributed by atoms with Crippen molar-refractivity contribution in [3.05, 3.63) is 12.2 Å². The number of aliphatic carboxylic acids is 1. The highest BCUT2D eigenvalue weighted by atomic mass is 16.7. The topological polar surface area (TPSA) is 108 Å². The molecule has 0 fully saturated rings. The van der Waals surface area contributed by atoms with Gasteiger partial charge >= 0.3 is 17.9 Å². The third-order valence-corrected chi connectivity index (χ3v) is 16.0. The van der Waals surface area contributed by atoms with Crippen molar-refractivity contribution in [1.82, 2.24) is 0 Å². The molecule has 0 radical (unpaired) electrons. The van der Waals surface area contributed by atoms with Crippen molar-refractivity contribution in [1.29, 1.82) is 0 Å². The first-order valence-electron chi connectivity index (χ1n) is 34.9. The molecule has 0 aromatic carbocycles. The van der Waals surface area contributed by atoms with Gasteiger partial charge in [0.25, 0.3) is 6.29 Å². The quantitative estimate of drug-likeness (QED) is 0.0211. The van der Waals surface area contributed by atoms with Gasteiger partial charge in [0.1, 0.15) is 13.2 Å². The van der Waals surface area contributed by atoms with Crippen LogP contribution in [0.5, 0.6) is 0 Å². The molecule has 9 nitrogen and oxygen atoms in total. The van der Waals surface area contributed by atoms with E-state index in [0.29, 0.717) is 23.9 Å². The van der Waals surface area contributed by atoms with E-state index in [4.69, 9.17) is 18.9 Å². The maximum atomic E-state index is 12.9. The Morgan fingerprint density at radius 3 is 0.937 bits per heavy atom. The van der Waals surface area contributed by atoms with Gasteiger partial charge in [0, 0.05) is 12.8 Å². The van der Waals surface area contributed by atoms with Gasteiger partial charge in [-0.2, -0.15) is 0 Å². The van der Waals surface area contributed by atoms with Gasteiger partial charge in [0.2, 0.25) is 0 Å². The van der Waals surface area contributed by atoms with Crippen LogP contribution < -0.4 is 0 Å². The van der Waals surface area contributed by atoms with E-state index in [9.17, 15) is 19.5 Å². The summed E-state index contributed by atoms with van der Waals surface area (Å²) in [6.07, 6.45) is 72.1. The number of ether oxygens (including phenoxy) is 4. The SMILES string of the molecule is CCCCCCCCC/C=C\CCCCCCCC(=O)OC(COC(=O)CCCCCCCCCCCCCCCCCCCCCCCCCCCCCCCCCCCCCCCC)COC(OCC[N+](C)(C)C)C(=O)O. The van der Waals surface area contributed by atoms with Gasteiger partial charge in [-0.3, -0.25) is 9.59 Å². The smallest absolute Gasteiger partial charge is 0.361 e. The molecule has 0 aliphatic rings. The molecule has 0 saturated heterocycles. The molecule has 9 heteroatoms. The number of nitrogens with zero attached hydrogens (tertiary/aromatic N) is 1. The predicted molar refractivity (Wildman–Crippen MR) is 337 cm³/mol. The number of unbranched alkanes of at least 4 members (excludes halogenated alkanes) is 49. The van der Waals surface area contributed by atoms with E-state index in [2.05, 4.69) is 26.0 Å². The van der Waals surface area contributed by atoms with Crippen LogP contribution in [0.2, 0.25) is 0 Å². The summed E-state index contributed by atoms with van der Waals surface area (Å²) in [7, 11) is 5.98. The van der Waals surface area contributed by atoms with E-state index in [1.165, 1.54) is 276 Å². The molecular formula is C70H136NO8+. The minimum atomic E-state index is -1.51. The van der Waals surface area contributed by atoms with Crippen LogP contribution in [0.25, 0.3) is 0 Å². The van der Waals surface area contributed by atoms with Gasteiger partial charge in [0.15, 0.2) is 6.10 Å². The van der Waals surface area contributed by atoms with Crippen LogP contribution in [-0.4, -0.2) is 87.4 Å². The lowest BCUT2D eigenvalue weighted by Crippen LogP contribution is -2.40. The summed E-state index contributed by atoms with van der Waals surface area (Å²) in [5.74, 6) is -1.99. The molecule has 468 valence electrons. The molecule has 79 heavy (non-hydrogen) atoms. The first-order chi connectivity index (χ1) is 38.6. The van der Waals surface area contributed by atoms with Gasteiger partial charge in [-0.25, -0.2) is 4.79 Å². The molecule has 2 unspecified atom stereocenters. The zero-order chi connectivity index (χ0) is 57.6. The molecule has 0 heterocycles. The lowest BCUT2D eigenvalue weighted by Gasteiger charge is -2.25. The largest absolute Gasteiger partial charge is 0.477 e. The zero-order valence-electron chi connectivity index (χ0n) is 53.6. The Balaban J connectivity index is 3.91. The van der Waals surface area contributed by atoms with Crippen molar-refractivity contribution in [3.63, 3.8) is 0 Å². The Kier molecular flexibility index (Phi) is 60.5. The van der Waals surface area contributed by atoms with E-state index in [1.807, 2.05) is 21.1 Å². The second kappa shape index (κ2) is 62.1. The molecule has 0 amide bonds. The Morgan fingerprint density at radius 2 is 0.646 bits per heavy atom. The van der Waals surface area contributed by atoms with E-state index in [0.717, 1.165) is 51.4 Å². The summed E-state index contributed by atoms with van der Waals surface area (Å²) < 4.78 is 22.9. The van der Waals surface area contributed by atoms with Crippen molar-refractivity contribution in [2.75, 3.05) is 47.5 Å². The minimum absolute atomic E-state index is 0.179. The van der Waals surface area contributed by atoms with E-state index < -0.39 is 24.3 Å². The number of likely N-dealkylation sites (N-methyl/N-ethyl adjacent to an activating group) is 1. The summed E-state index contributed by atoms with van der Waals surface area (Å²) in [6, 6.07) is 0. The molecule has 2 atom stereocenters. The normalized spacial score (nSPS) is 12.7. The van der Waals surface area contributed by atoms with Crippen LogP contribution in [-0.2, 0) is 33.3 Å². The lowest BCUT2D eigenvalue weighted by molar-refractivity contribution is -0.870. The predicted octanol–water partition coefficient (Wildman–Crippen LogP) is 21.3. The van der Waals surface area contributed by atoms with Crippen LogP contribution in [0.15, 0.2) is 12.2 Å². The van der Waals surface area contributed by atoms with Crippen LogP contribution in [0.1, 0.15) is 361 Å². The summed E-state index contributed by atoms with van der Waals surface area (Å²) in [5.41, 5.74) is 0. The molecule has 0 bridgehead atoms. The average Bonchev–Trinajstić information content (AvgIpc) is 3.42. The fourth-order valence-electron chi connectivity index (χ4n) is 10.7. The maximum Gasteiger partial charge on any atom is 0.361 e.